The van der Waals surface area contributed by atoms with Crippen molar-refractivity contribution >= 4 is 34.5 Å². The number of nitrogens with zero attached hydrogens (tertiary/aromatic N) is 3. The van der Waals surface area contributed by atoms with Crippen molar-refractivity contribution in [3.05, 3.63) is 83.1 Å². The number of amides is 4. The molecule has 218 valence electrons. The molecule has 0 saturated carbocycles. The van der Waals surface area contributed by atoms with Crippen LogP contribution in [-0.4, -0.2) is 71.1 Å². The van der Waals surface area contributed by atoms with Gasteiger partial charge in [-0.15, -0.1) is 0 Å². The van der Waals surface area contributed by atoms with Gasteiger partial charge in [-0.3, -0.25) is 19.3 Å². The molecule has 0 aliphatic carbocycles. The van der Waals surface area contributed by atoms with E-state index in [1.165, 1.54) is 18.0 Å². The second-order valence-corrected chi connectivity index (χ2v) is 11.1. The lowest BCUT2D eigenvalue weighted by molar-refractivity contribution is -0.155. The number of benzene rings is 2. The van der Waals surface area contributed by atoms with Crippen molar-refractivity contribution in [3.63, 3.8) is 0 Å². The van der Waals surface area contributed by atoms with E-state index in [-0.39, 0.29) is 36.5 Å². The average Bonchev–Trinajstić information content (AvgIpc) is 3.33. The Morgan fingerprint density at radius 2 is 1.90 bits per heavy atom. The molecule has 10 heteroatoms. The van der Waals surface area contributed by atoms with E-state index in [4.69, 9.17) is 9.47 Å². The Labute approximate surface area is 243 Å². The van der Waals surface area contributed by atoms with Gasteiger partial charge in [-0.25, -0.2) is 4.79 Å². The normalized spacial score (nSPS) is 20.0. The maximum atomic E-state index is 13.3. The fraction of sp³-hybridized carbons (Fsp3) is 0.375. The van der Waals surface area contributed by atoms with Gasteiger partial charge < -0.3 is 24.3 Å². The van der Waals surface area contributed by atoms with Crippen LogP contribution in [-0.2, 0) is 38.7 Å². The summed E-state index contributed by atoms with van der Waals surface area (Å²) in [6, 6.07) is 13.1. The Hall–Kier alpha value is -4.28. The third kappa shape index (κ3) is 5.23. The summed E-state index contributed by atoms with van der Waals surface area (Å²) in [5, 5.41) is 3.75. The molecule has 3 aromatic rings. The molecule has 3 aliphatic heterocycles. The van der Waals surface area contributed by atoms with Crippen LogP contribution < -0.4 is 5.32 Å². The average molecular weight is 571 g/mol. The Morgan fingerprint density at radius 3 is 2.64 bits per heavy atom. The van der Waals surface area contributed by atoms with Crippen LogP contribution in [0.3, 0.4) is 0 Å². The molecule has 2 atom stereocenters. The zero-order chi connectivity index (χ0) is 29.4. The highest BCUT2D eigenvalue weighted by atomic mass is 16.7. The first-order chi connectivity index (χ1) is 20.3. The first kappa shape index (κ1) is 27.9. The Bertz CT molecular complexity index is 1570. The Kier molecular flexibility index (Phi) is 7.66. The number of likely N-dealkylation sites (N-methyl/N-ethyl adjacent to an activating group) is 1. The minimum Gasteiger partial charge on any atom is -0.353 e. The first-order valence-electron chi connectivity index (χ1n) is 14.3. The van der Waals surface area contributed by atoms with Crippen molar-refractivity contribution in [2.24, 2.45) is 0 Å². The molecular formula is C32H34N4O6. The number of ether oxygens (including phenoxy) is 2. The van der Waals surface area contributed by atoms with Gasteiger partial charge in [0.05, 0.1) is 12.5 Å². The number of Topliss-reactive ketones (excluding diaryl/α,β-unsaturated/α-hetero) is 1. The third-order valence-electron chi connectivity index (χ3n) is 8.36. The molecule has 4 amide bonds. The van der Waals surface area contributed by atoms with Crippen molar-refractivity contribution < 1.29 is 28.7 Å². The number of carbonyl (C=O) groups excluding carboxylic acids is 4. The van der Waals surface area contributed by atoms with Crippen molar-refractivity contribution in [2.45, 2.75) is 51.1 Å². The van der Waals surface area contributed by atoms with Crippen LogP contribution in [0.2, 0.25) is 0 Å². The number of fused-ring (bicyclic) bond motifs is 6. The summed E-state index contributed by atoms with van der Waals surface area (Å²) in [6.45, 7) is 5.70. The number of hydrogen-bond acceptors (Lipinski definition) is 6. The number of aromatic nitrogens is 1. The standard InChI is InChI=1S/C32H34N4O6/c1-3-28(38)33-15-21-9-12-25-23(14-21)30-24-17-35(32(40)34(2)31(24)39)18-26(30)36(25)16-20-7-10-22(11-8-20)27(37)19-42-29-6-4-5-13-41-29/h3,7-12,14,24,29H,1,4-6,13,15-19H2,2H3,(H,33,38). The van der Waals surface area contributed by atoms with Gasteiger partial charge in [-0.05, 0) is 54.2 Å². The summed E-state index contributed by atoms with van der Waals surface area (Å²) in [5.74, 6) is -1.04. The molecule has 2 bridgehead atoms. The van der Waals surface area contributed by atoms with Gasteiger partial charge in [-0.1, -0.05) is 36.9 Å². The molecule has 4 heterocycles. The van der Waals surface area contributed by atoms with Crippen LogP contribution in [0, 0.1) is 0 Å². The van der Waals surface area contributed by atoms with Crippen LogP contribution in [0.5, 0.6) is 0 Å². The minimum absolute atomic E-state index is 0.0247. The minimum atomic E-state index is -0.466. The number of urea groups is 1. The number of imide groups is 1. The van der Waals surface area contributed by atoms with Gasteiger partial charge in [0.25, 0.3) is 0 Å². The molecule has 42 heavy (non-hydrogen) atoms. The molecule has 0 radical (unpaired) electrons. The zero-order valence-electron chi connectivity index (χ0n) is 23.6. The maximum absolute atomic E-state index is 13.3. The second kappa shape index (κ2) is 11.5. The van der Waals surface area contributed by atoms with Crippen molar-refractivity contribution in [1.29, 1.82) is 0 Å². The molecule has 3 aliphatic rings. The van der Waals surface area contributed by atoms with E-state index < -0.39 is 5.92 Å². The summed E-state index contributed by atoms with van der Waals surface area (Å²) >= 11 is 0. The van der Waals surface area contributed by atoms with Gasteiger partial charge in [-0.2, -0.15) is 0 Å². The van der Waals surface area contributed by atoms with E-state index in [2.05, 4.69) is 16.5 Å². The van der Waals surface area contributed by atoms with Crippen LogP contribution in [0.25, 0.3) is 10.9 Å². The lowest BCUT2D eigenvalue weighted by Crippen LogP contribution is -2.56. The molecule has 6 rings (SSSR count). The van der Waals surface area contributed by atoms with Crippen molar-refractivity contribution in [2.75, 3.05) is 26.8 Å². The van der Waals surface area contributed by atoms with Crippen LogP contribution >= 0.6 is 0 Å². The number of ketones is 1. The highest BCUT2D eigenvalue weighted by molar-refractivity contribution is 6.04. The summed E-state index contributed by atoms with van der Waals surface area (Å²) in [6.07, 6.45) is 3.78. The van der Waals surface area contributed by atoms with Gasteiger partial charge in [0, 0.05) is 55.4 Å². The molecular weight excluding hydrogens is 536 g/mol. The Morgan fingerprint density at radius 1 is 1.12 bits per heavy atom. The molecule has 2 saturated heterocycles. The van der Waals surface area contributed by atoms with Gasteiger partial charge >= 0.3 is 6.03 Å². The lowest BCUT2D eigenvalue weighted by Gasteiger charge is -2.41. The molecule has 2 fully saturated rings. The van der Waals surface area contributed by atoms with E-state index in [0.29, 0.717) is 38.3 Å². The van der Waals surface area contributed by atoms with E-state index in [9.17, 15) is 19.2 Å². The fourth-order valence-corrected chi connectivity index (χ4v) is 6.11. The molecule has 0 spiro atoms. The second-order valence-electron chi connectivity index (χ2n) is 11.1. The monoisotopic (exact) mass is 570 g/mol. The lowest BCUT2D eigenvalue weighted by atomic mass is 9.88. The predicted octanol–water partition coefficient (Wildman–Crippen LogP) is 3.71. The topological polar surface area (TPSA) is 110 Å². The summed E-state index contributed by atoms with van der Waals surface area (Å²) in [4.78, 5) is 53.5. The quantitative estimate of drug-likeness (QED) is 0.310. The molecule has 2 aromatic carbocycles. The van der Waals surface area contributed by atoms with Gasteiger partial charge in [0.15, 0.2) is 12.1 Å². The predicted molar refractivity (Wildman–Crippen MR) is 155 cm³/mol. The van der Waals surface area contributed by atoms with Gasteiger partial charge in [0.1, 0.15) is 6.61 Å². The molecule has 2 unspecified atom stereocenters. The highest BCUT2D eigenvalue weighted by Crippen LogP contribution is 2.41. The van der Waals surface area contributed by atoms with Crippen LogP contribution in [0.1, 0.15) is 57.9 Å². The molecule has 1 N–H and O–H groups in total. The largest absolute Gasteiger partial charge is 0.353 e. The van der Waals surface area contributed by atoms with E-state index in [0.717, 1.165) is 52.5 Å². The fourth-order valence-electron chi connectivity index (χ4n) is 6.11. The van der Waals surface area contributed by atoms with E-state index in [1.807, 2.05) is 42.5 Å². The zero-order valence-corrected chi connectivity index (χ0v) is 23.6. The van der Waals surface area contributed by atoms with Crippen LogP contribution in [0.4, 0.5) is 4.79 Å². The SMILES string of the molecule is C=CC(=O)NCc1ccc2c(c1)c1c(n2Cc2ccc(C(=O)COC3CCCCO3)cc2)CN2CC1C(=O)N(C)C2=O. The molecule has 10 nitrogen and oxygen atoms in total. The van der Waals surface area contributed by atoms with Crippen molar-refractivity contribution in [1.82, 2.24) is 19.7 Å². The summed E-state index contributed by atoms with van der Waals surface area (Å²) in [7, 11) is 1.53. The molecule has 1 aromatic heterocycles. The van der Waals surface area contributed by atoms with E-state index in [1.54, 1.807) is 4.90 Å². The maximum Gasteiger partial charge on any atom is 0.326 e. The first-order valence-corrected chi connectivity index (χ1v) is 14.3. The van der Waals surface area contributed by atoms with E-state index >= 15 is 0 Å². The van der Waals surface area contributed by atoms with Gasteiger partial charge in [0.2, 0.25) is 11.8 Å². The number of rotatable bonds is 9. The third-order valence-corrected chi connectivity index (χ3v) is 8.36. The number of hydrogen-bond donors (Lipinski definition) is 1. The smallest absolute Gasteiger partial charge is 0.326 e. The summed E-state index contributed by atoms with van der Waals surface area (Å²) < 4.78 is 13.4. The number of carbonyl (C=O) groups is 4. The van der Waals surface area contributed by atoms with Crippen molar-refractivity contribution in [3.8, 4) is 0 Å². The number of nitrogens with one attached hydrogen (secondary N) is 1. The van der Waals surface area contributed by atoms with Crippen LogP contribution in [0.15, 0.2) is 55.1 Å². The highest BCUT2D eigenvalue weighted by Gasteiger charge is 2.44. The Balaban J connectivity index is 1.29. The summed E-state index contributed by atoms with van der Waals surface area (Å²) in [5.41, 5.74) is 5.24.